The fraction of sp³-hybridized carbons (Fsp3) is 0.625. The molecule has 0 aliphatic rings. The van der Waals surface area contributed by atoms with Gasteiger partial charge in [-0.25, -0.2) is 0 Å². The predicted molar refractivity (Wildman–Crippen MR) is 50.2 cm³/mol. The normalized spacial score (nSPS) is 13.5. The Morgan fingerprint density at radius 3 is 2.73 bits per heavy atom. The minimum atomic E-state index is 0.559. The summed E-state index contributed by atoms with van der Waals surface area (Å²) in [6, 6.07) is 0. The fourth-order valence-corrected chi connectivity index (χ4v) is 1.43. The van der Waals surface area contributed by atoms with Crippen LogP contribution < -0.4 is 0 Å². The van der Waals surface area contributed by atoms with E-state index in [1.807, 2.05) is 17.9 Å². The molecular formula is C8H13BrN2. The topological polar surface area (TPSA) is 17.8 Å². The molecule has 11 heavy (non-hydrogen) atoms. The molecule has 0 fully saturated rings. The molecule has 62 valence electrons. The third-order valence-electron chi connectivity index (χ3n) is 2.04. The van der Waals surface area contributed by atoms with Gasteiger partial charge in [-0.3, -0.25) is 4.68 Å². The highest BCUT2D eigenvalue weighted by Crippen LogP contribution is 2.19. The average Bonchev–Trinajstić information content (AvgIpc) is 2.32. The molecule has 1 aromatic heterocycles. The predicted octanol–water partition coefficient (Wildman–Crippen LogP) is 2.23. The van der Waals surface area contributed by atoms with Crippen LogP contribution in [-0.2, 0) is 7.05 Å². The average molecular weight is 217 g/mol. The summed E-state index contributed by atoms with van der Waals surface area (Å²) in [5, 5.41) is 5.18. The van der Waals surface area contributed by atoms with Gasteiger partial charge in [-0.2, -0.15) is 5.10 Å². The van der Waals surface area contributed by atoms with Crippen molar-refractivity contribution < 1.29 is 0 Å². The molecule has 0 N–H and O–H groups in total. The summed E-state index contributed by atoms with van der Waals surface area (Å²) in [6.07, 6.45) is 1.95. The Kier molecular flexibility index (Phi) is 2.71. The lowest BCUT2D eigenvalue weighted by Crippen LogP contribution is -1.98. The van der Waals surface area contributed by atoms with E-state index in [1.165, 1.54) is 11.3 Å². The highest BCUT2D eigenvalue weighted by atomic mass is 79.9. The molecular weight excluding hydrogens is 204 g/mol. The van der Waals surface area contributed by atoms with Gasteiger partial charge in [0.05, 0.1) is 6.20 Å². The van der Waals surface area contributed by atoms with Gasteiger partial charge < -0.3 is 0 Å². The SMILES string of the molecule is Cc1c(C(C)CBr)cnn1C. The standard InChI is InChI=1S/C8H13BrN2/c1-6(4-9)8-5-10-11(3)7(8)2/h5-6H,4H2,1-3H3. The fourth-order valence-electron chi connectivity index (χ4n) is 1.08. The van der Waals surface area contributed by atoms with Crippen LogP contribution in [0.4, 0.5) is 0 Å². The molecule has 1 heterocycles. The van der Waals surface area contributed by atoms with E-state index in [-0.39, 0.29) is 0 Å². The molecule has 0 spiro atoms. The van der Waals surface area contributed by atoms with Crippen molar-refractivity contribution in [2.75, 3.05) is 5.33 Å². The molecule has 1 atom stereocenters. The van der Waals surface area contributed by atoms with Gasteiger partial charge in [-0.1, -0.05) is 22.9 Å². The van der Waals surface area contributed by atoms with Crippen LogP contribution in [0, 0.1) is 6.92 Å². The molecule has 0 radical (unpaired) electrons. The third-order valence-corrected chi connectivity index (χ3v) is 3.01. The molecule has 0 aromatic carbocycles. The maximum atomic E-state index is 4.18. The van der Waals surface area contributed by atoms with Gasteiger partial charge in [0.25, 0.3) is 0 Å². The van der Waals surface area contributed by atoms with Gasteiger partial charge in [-0.05, 0) is 18.4 Å². The molecule has 0 aliphatic carbocycles. The highest BCUT2D eigenvalue weighted by molar-refractivity contribution is 9.09. The van der Waals surface area contributed by atoms with Crippen molar-refractivity contribution in [1.29, 1.82) is 0 Å². The van der Waals surface area contributed by atoms with E-state index < -0.39 is 0 Å². The van der Waals surface area contributed by atoms with Crippen molar-refractivity contribution in [2.45, 2.75) is 19.8 Å². The summed E-state index contributed by atoms with van der Waals surface area (Å²) in [5.74, 6) is 0.559. The lowest BCUT2D eigenvalue weighted by atomic mass is 10.1. The maximum Gasteiger partial charge on any atom is 0.0527 e. The summed E-state index contributed by atoms with van der Waals surface area (Å²) < 4.78 is 1.91. The van der Waals surface area contributed by atoms with Gasteiger partial charge in [0, 0.05) is 18.1 Å². The number of aromatic nitrogens is 2. The van der Waals surface area contributed by atoms with Crippen LogP contribution >= 0.6 is 15.9 Å². The van der Waals surface area contributed by atoms with Crippen LogP contribution in [0.25, 0.3) is 0 Å². The van der Waals surface area contributed by atoms with Gasteiger partial charge in [-0.15, -0.1) is 0 Å². The van der Waals surface area contributed by atoms with Crippen LogP contribution in [-0.4, -0.2) is 15.1 Å². The molecule has 0 saturated carbocycles. The minimum absolute atomic E-state index is 0.559. The van der Waals surface area contributed by atoms with E-state index in [2.05, 4.69) is 34.9 Å². The van der Waals surface area contributed by atoms with Crippen molar-refractivity contribution in [3.63, 3.8) is 0 Å². The van der Waals surface area contributed by atoms with Crippen LogP contribution in [0.2, 0.25) is 0 Å². The van der Waals surface area contributed by atoms with Crippen LogP contribution in [0.1, 0.15) is 24.1 Å². The second-order valence-electron chi connectivity index (χ2n) is 2.86. The smallest absolute Gasteiger partial charge is 0.0527 e. The summed E-state index contributed by atoms with van der Waals surface area (Å²) >= 11 is 3.46. The Labute approximate surface area is 75.7 Å². The Balaban J connectivity index is 2.94. The summed E-state index contributed by atoms with van der Waals surface area (Å²) in [5.41, 5.74) is 2.60. The number of hydrogen-bond acceptors (Lipinski definition) is 1. The van der Waals surface area contributed by atoms with Crippen molar-refractivity contribution >= 4 is 15.9 Å². The molecule has 0 saturated heterocycles. The molecule has 0 amide bonds. The van der Waals surface area contributed by atoms with Crippen LogP contribution in [0.15, 0.2) is 6.20 Å². The number of aryl methyl sites for hydroxylation is 1. The first-order valence-corrected chi connectivity index (χ1v) is 4.83. The largest absolute Gasteiger partial charge is 0.273 e. The summed E-state index contributed by atoms with van der Waals surface area (Å²) in [6.45, 7) is 4.29. The highest BCUT2D eigenvalue weighted by Gasteiger charge is 2.09. The van der Waals surface area contributed by atoms with Crippen molar-refractivity contribution in [2.24, 2.45) is 7.05 Å². The molecule has 0 aliphatic heterocycles. The van der Waals surface area contributed by atoms with E-state index in [1.54, 1.807) is 0 Å². The molecule has 1 aromatic rings. The zero-order valence-corrected chi connectivity index (χ0v) is 8.72. The molecule has 0 bridgehead atoms. The first kappa shape index (κ1) is 8.78. The molecule has 1 unspecified atom stereocenters. The van der Waals surface area contributed by atoms with Gasteiger partial charge in [0.15, 0.2) is 0 Å². The lowest BCUT2D eigenvalue weighted by Gasteiger charge is -2.05. The number of alkyl halides is 1. The monoisotopic (exact) mass is 216 g/mol. The van der Waals surface area contributed by atoms with Crippen LogP contribution in [0.3, 0.4) is 0 Å². The number of hydrogen-bond donors (Lipinski definition) is 0. The van der Waals surface area contributed by atoms with Gasteiger partial charge in [0.2, 0.25) is 0 Å². The number of rotatable bonds is 2. The Morgan fingerprint density at radius 1 is 1.73 bits per heavy atom. The molecule has 3 heteroatoms. The van der Waals surface area contributed by atoms with E-state index >= 15 is 0 Å². The van der Waals surface area contributed by atoms with Gasteiger partial charge in [0.1, 0.15) is 0 Å². The second kappa shape index (κ2) is 3.39. The third kappa shape index (κ3) is 1.64. The van der Waals surface area contributed by atoms with E-state index in [0.717, 1.165) is 5.33 Å². The van der Waals surface area contributed by atoms with Gasteiger partial charge >= 0.3 is 0 Å². The molecule has 1 rings (SSSR count). The Bertz CT molecular complexity index is 242. The van der Waals surface area contributed by atoms with E-state index in [4.69, 9.17) is 0 Å². The Hall–Kier alpha value is -0.310. The van der Waals surface area contributed by atoms with Crippen molar-refractivity contribution in [1.82, 2.24) is 9.78 Å². The van der Waals surface area contributed by atoms with Crippen molar-refractivity contribution in [3.8, 4) is 0 Å². The zero-order valence-electron chi connectivity index (χ0n) is 7.13. The van der Waals surface area contributed by atoms with Crippen LogP contribution in [0.5, 0.6) is 0 Å². The maximum absolute atomic E-state index is 4.18. The zero-order chi connectivity index (χ0) is 8.43. The van der Waals surface area contributed by atoms with E-state index in [9.17, 15) is 0 Å². The number of halogens is 1. The quantitative estimate of drug-likeness (QED) is 0.694. The first-order chi connectivity index (χ1) is 5.16. The lowest BCUT2D eigenvalue weighted by molar-refractivity contribution is 0.734. The van der Waals surface area contributed by atoms with Crippen molar-refractivity contribution in [3.05, 3.63) is 17.5 Å². The molecule has 2 nitrogen and oxygen atoms in total. The summed E-state index contributed by atoms with van der Waals surface area (Å²) in [4.78, 5) is 0. The van der Waals surface area contributed by atoms with E-state index in [0.29, 0.717) is 5.92 Å². The first-order valence-electron chi connectivity index (χ1n) is 3.71. The minimum Gasteiger partial charge on any atom is -0.273 e. The Morgan fingerprint density at radius 2 is 2.36 bits per heavy atom. The second-order valence-corrected chi connectivity index (χ2v) is 3.51. The summed E-state index contributed by atoms with van der Waals surface area (Å²) in [7, 11) is 1.97. The number of nitrogens with zero attached hydrogens (tertiary/aromatic N) is 2.